The van der Waals surface area contributed by atoms with Gasteiger partial charge in [-0.15, -0.1) is 22.7 Å². The molecule has 2 bridgehead atoms. The van der Waals surface area contributed by atoms with Crippen LogP contribution in [0.4, 0.5) is 0 Å². The van der Waals surface area contributed by atoms with Crippen LogP contribution in [0.25, 0.3) is 0 Å². The Morgan fingerprint density at radius 2 is 1.84 bits per heavy atom. The van der Waals surface area contributed by atoms with Gasteiger partial charge >= 0.3 is 11.9 Å². The van der Waals surface area contributed by atoms with Crippen LogP contribution < -0.4 is 19.8 Å². The number of carbonyl (C=O) groups excluding carboxylic acids is 2. The molecule has 3 fully saturated rings. The van der Waals surface area contributed by atoms with Crippen molar-refractivity contribution >= 4 is 57.8 Å². The molecule has 0 spiro atoms. The molecule has 1 unspecified atom stereocenters. The first-order valence-corrected chi connectivity index (χ1v) is 18.4. The second kappa shape index (κ2) is 15.8. The van der Waals surface area contributed by atoms with Crippen LogP contribution in [0.3, 0.4) is 0 Å². The molecule has 49 heavy (non-hydrogen) atoms. The van der Waals surface area contributed by atoms with Crippen LogP contribution in [0.5, 0.6) is 11.5 Å². The number of hydrogen-bond acceptors (Lipinski definition) is 11. The molecule has 1 aromatic carbocycles. The van der Waals surface area contributed by atoms with E-state index in [1.54, 1.807) is 55.9 Å². The lowest BCUT2D eigenvalue weighted by atomic mass is 9.85. The largest absolute Gasteiger partial charge is 0.493 e. The second-order valence-corrected chi connectivity index (χ2v) is 15.1. The maximum atomic E-state index is 13.5. The normalized spacial score (nSPS) is 20.3. The third-order valence-corrected chi connectivity index (χ3v) is 11.8. The number of nitrogens with zero attached hydrogens (tertiary/aromatic N) is 1. The Labute approximate surface area is 302 Å². The predicted molar refractivity (Wildman–Crippen MR) is 188 cm³/mol. The fraction of sp³-hybridized carbons (Fsp3) is 0.400. The molecule has 3 saturated heterocycles. The fourth-order valence-electron chi connectivity index (χ4n) is 6.33. The van der Waals surface area contributed by atoms with Crippen molar-refractivity contribution < 1.29 is 38.6 Å². The number of esters is 2. The van der Waals surface area contributed by atoms with Gasteiger partial charge in [0, 0.05) is 41.4 Å². The summed E-state index contributed by atoms with van der Waals surface area (Å²) in [6, 6.07) is 12.4. The highest BCUT2D eigenvalue weighted by molar-refractivity contribution is 7.13. The van der Waals surface area contributed by atoms with Gasteiger partial charge in [0.2, 0.25) is 5.60 Å². The summed E-state index contributed by atoms with van der Waals surface area (Å²) in [7, 11) is 3.08. The predicted octanol–water partition coefficient (Wildman–Crippen LogP) is 5.70. The number of fused-ring (bicyclic) bond motifs is 3. The van der Waals surface area contributed by atoms with Gasteiger partial charge in [-0.05, 0) is 73.1 Å². The Hall–Kier alpha value is -3.23. The zero-order valence-corrected chi connectivity index (χ0v) is 30.2. The fourth-order valence-corrected chi connectivity index (χ4v) is 8.53. The molecule has 3 aliphatic rings. The number of aromatic amines is 1. The summed E-state index contributed by atoms with van der Waals surface area (Å²) in [6.45, 7) is 3.01. The minimum absolute atomic E-state index is 0.0530. The maximum Gasteiger partial charge on any atom is 0.348 e. The van der Waals surface area contributed by atoms with E-state index >= 15 is 0 Å². The number of methoxy groups -OCH3 is 2. The number of H-pyrrole nitrogens is 1. The zero-order chi connectivity index (χ0) is 34.5. The lowest BCUT2D eigenvalue weighted by Crippen LogP contribution is -2.54. The molecule has 0 amide bonds. The molecule has 0 saturated carbocycles. The Kier molecular flexibility index (Phi) is 11.4. The molecule has 6 heterocycles. The van der Waals surface area contributed by atoms with Crippen molar-refractivity contribution in [3.05, 3.63) is 96.0 Å². The van der Waals surface area contributed by atoms with E-state index in [2.05, 4.69) is 15.2 Å². The van der Waals surface area contributed by atoms with Crippen LogP contribution in [0.1, 0.15) is 49.5 Å². The first kappa shape index (κ1) is 35.6. The van der Waals surface area contributed by atoms with Crippen molar-refractivity contribution in [3.8, 4) is 11.5 Å². The summed E-state index contributed by atoms with van der Waals surface area (Å²) in [4.78, 5) is 34.0. The number of aliphatic hydroxyl groups is 1. The Morgan fingerprint density at radius 1 is 1.08 bits per heavy atom. The monoisotopic (exact) mass is 746 g/mol. The van der Waals surface area contributed by atoms with E-state index in [4.69, 9.17) is 42.1 Å². The van der Waals surface area contributed by atoms with Gasteiger partial charge in [0.1, 0.15) is 27.1 Å². The number of pyridine rings is 1. The van der Waals surface area contributed by atoms with Crippen molar-refractivity contribution in [3.63, 3.8) is 0 Å². The van der Waals surface area contributed by atoms with Crippen LogP contribution in [-0.4, -0.2) is 68.4 Å². The van der Waals surface area contributed by atoms with Gasteiger partial charge in [-0.2, -0.15) is 0 Å². The van der Waals surface area contributed by atoms with Gasteiger partial charge in [-0.1, -0.05) is 35.3 Å². The third-order valence-electron chi connectivity index (χ3n) is 9.08. The van der Waals surface area contributed by atoms with Crippen molar-refractivity contribution in [2.75, 3.05) is 40.4 Å². The number of aromatic nitrogens is 1. The van der Waals surface area contributed by atoms with Crippen molar-refractivity contribution in [1.82, 2.24) is 10.2 Å². The minimum atomic E-state index is -1.84. The van der Waals surface area contributed by atoms with Gasteiger partial charge in [0.25, 0.3) is 0 Å². The standard InChI is InChI=1S/C35H37Cl2N3O7S2/c1-44-27-7-5-22(14-29(27)45-2)28(15-24-25(36)17-38-18-26(24)37)46-33(41)31-8-6-23(49-31)16-39-20-35(43,32-4-3-13-48-32)34(42)47-30-19-40-11-9-21(30)10-12-40/h3-8,13-14,17-18,21,28,30,39,43H,9-12,15-16,19-20H2,1-2H3/p+1/t28-,30-,35?/m0/s1. The molecule has 3 aliphatic heterocycles. The maximum absolute atomic E-state index is 13.5. The van der Waals surface area contributed by atoms with Crippen LogP contribution in [-0.2, 0) is 32.8 Å². The molecule has 14 heteroatoms. The SMILES string of the molecule is COc1ccc([C@H](Cc2c(Cl)c[nH+]cc2Cl)OC(=O)c2ccc(CNCC(O)(C(=O)O[C@H]3CN4CCC3CC4)c3cccs3)s2)cc1OC. The van der Waals surface area contributed by atoms with Crippen molar-refractivity contribution in [1.29, 1.82) is 0 Å². The van der Waals surface area contributed by atoms with Crippen LogP contribution in [0, 0.1) is 5.92 Å². The number of thiophene rings is 2. The molecule has 0 radical (unpaired) electrons. The summed E-state index contributed by atoms with van der Waals surface area (Å²) in [5.41, 5.74) is -0.553. The molecule has 3 N–H and O–H groups in total. The van der Waals surface area contributed by atoms with Crippen LogP contribution >= 0.6 is 45.9 Å². The first-order chi connectivity index (χ1) is 23.7. The lowest BCUT2D eigenvalue weighted by Gasteiger charge is -2.44. The van der Waals surface area contributed by atoms with E-state index in [0.717, 1.165) is 30.8 Å². The van der Waals surface area contributed by atoms with E-state index in [-0.39, 0.29) is 19.1 Å². The van der Waals surface area contributed by atoms with Crippen molar-refractivity contribution in [2.45, 2.75) is 43.6 Å². The molecular weight excluding hydrogens is 709 g/mol. The van der Waals surface area contributed by atoms with Crippen LogP contribution in [0.2, 0.25) is 10.0 Å². The number of ether oxygens (including phenoxy) is 4. The number of nitrogens with one attached hydrogen (secondary N) is 2. The number of benzene rings is 1. The van der Waals surface area contributed by atoms with Gasteiger partial charge in [0.15, 0.2) is 23.9 Å². The topological polar surface area (TPSA) is 121 Å². The molecule has 0 aliphatic carbocycles. The highest BCUT2D eigenvalue weighted by atomic mass is 35.5. The quantitative estimate of drug-likeness (QED) is 0.157. The summed E-state index contributed by atoms with van der Waals surface area (Å²) in [5, 5.41) is 17.6. The van der Waals surface area contributed by atoms with Crippen LogP contribution in [0.15, 0.2) is 60.2 Å². The van der Waals surface area contributed by atoms with Gasteiger partial charge < -0.3 is 29.4 Å². The molecule has 3 aromatic heterocycles. The second-order valence-electron chi connectivity index (χ2n) is 12.1. The highest BCUT2D eigenvalue weighted by Crippen LogP contribution is 2.36. The minimum Gasteiger partial charge on any atom is -0.493 e. The summed E-state index contributed by atoms with van der Waals surface area (Å²) >= 11 is 15.5. The molecule has 4 aromatic rings. The van der Waals surface area contributed by atoms with Gasteiger partial charge in [-0.3, -0.25) is 4.90 Å². The average Bonchev–Trinajstić information content (AvgIpc) is 3.83. The average molecular weight is 748 g/mol. The molecule has 10 nitrogen and oxygen atoms in total. The molecule has 7 rings (SSSR count). The van der Waals surface area contributed by atoms with E-state index in [9.17, 15) is 14.7 Å². The third kappa shape index (κ3) is 8.06. The Morgan fingerprint density at radius 3 is 2.49 bits per heavy atom. The Balaban J connectivity index is 1.13. The van der Waals surface area contributed by atoms with E-state index in [1.807, 2.05) is 11.4 Å². The zero-order valence-electron chi connectivity index (χ0n) is 27.1. The molecule has 3 atom stereocenters. The number of carbonyl (C=O) groups is 2. The summed E-state index contributed by atoms with van der Waals surface area (Å²) in [5.74, 6) is 0.177. The Bertz CT molecular complexity index is 1740. The first-order valence-electron chi connectivity index (χ1n) is 15.9. The number of halogens is 2. The van der Waals surface area contributed by atoms with E-state index in [0.29, 0.717) is 61.4 Å². The van der Waals surface area contributed by atoms with E-state index in [1.165, 1.54) is 29.8 Å². The number of hydrogen-bond donors (Lipinski definition) is 2. The van der Waals surface area contributed by atoms with E-state index < -0.39 is 23.6 Å². The van der Waals surface area contributed by atoms with Gasteiger partial charge in [0.05, 0.1) is 14.2 Å². The summed E-state index contributed by atoms with van der Waals surface area (Å²) < 4.78 is 22.9. The number of piperidine rings is 3. The van der Waals surface area contributed by atoms with Gasteiger partial charge in [-0.25, -0.2) is 14.6 Å². The molecule has 260 valence electrons. The summed E-state index contributed by atoms with van der Waals surface area (Å²) in [6.07, 6.45) is 4.47. The number of rotatable bonds is 14. The smallest absolute Gasteiger partial charge is 0.348 e. The highest BCUT2D eigenvalue weighted by Gasteiger charge is 2.44. The molecular formula is C35H38Cl2N3O7S2+. The van der Waals surface area contributed by atoms with Crippen molar-refractivity contribution in [2.24, 2.45) is 5.92 Å². The lowest BCUT2D eigenvalue weighted by molar-refractivity contribution is -0.377.